The molecule has 0 spiro atoms. The molecule has 0 N–H and O–H groups in total. The number of pyridine rings is 1. The monoisotopic (exact) mass is 336 g/mol. The highest BCUT2D eigenvalue weighted by molar-refractivity contribution is 14.1. The smallest absolute Gasteiger partial charge is 0.150 e. The topological polar surface area (TPSA) is 17.8 Å². The van der Waals surface area contributed by atoms with Crippen LogP contribution in [0.4, 0.5) is 0 Å². The van der Waals surface area contributed by atoms with Crippen LogP contribution in [-0.4, -0.2) is 16.8 Å². The molecule has 0 amide bonds. The third kappa shape index (κ3) is 1.45. The van der Waals surface area contributed by atoms with Gasteiger partial charge in [0.2, 0.25) is 0 Å². The van der Waals surface area contributed by atoms with E-state index < -0.39 is 0 Å². The van der Waals surface area contributed by atoms with E-state index in [9.17, 15) is 0 Å². The van der Waals surface area contributed by atoms with E-state index in [0.717, 1.165) is 31.0 Å². The molecule has 2 aromatic heterocycles. The average molecular weight is 336 g/mol. The van der Waals surface area contributed by atoms with Gasteiger partial charge in [0.1, 0.15) is 7.85 Å². The maximum absolute atomic E-state index is 5.81. The number of benzene rings is 1. The van der Waals surface area contributed by atoms with E-state index in [4.69, 9.17) is 7.85 Å². The van der Waals surface area contributed by atoms with Gasteiger partial charge in [0.05, 0.1) is 5.52 Å². The van der Waals surface area contributed by atoms with Gasteiger partial charge in [0, 0.05) is 20.5 Å². The van der Waals surface area contributed by atoms with E-state index in [1.54, 1.807) is 3.97 Å². The SMILES string of the molecule is [B]c1ccc2c(c1)c1cc(I)cnc1n2S. The molecule has 1 aromatic carbocycles. The zero-order valence-corrected chi connectivity index (χ0v) is 11.2. The molecular formula is C11H6BIN2S. The maximum Gasteiger partial charge on any atom is 0.150 e. The molecule has 0 saturated carbocycles. The van der Waals surface area contributed by atoms with Crippen LogP contribution in [0.5, 0.6) is 0 Å². The zero-order chi connectivity index (χ0) is 11.3. The molecule has 0 unspecified atom stereocenters. The van der Waals surface area contributed by atoms with E-state index in [1.165, 1.54) is 0 Å². The normalized spacial score (nSPS) is 11.4. The van der Waals surface area contributed by atoms with E-state index in [-0.39, 0.29) is 0 Å². The molecule has 76 valence electrons. The summed E-state index contributed by atoms with van der Waals surface area (Å²) in [5.74, 6) is 0. The molecule has 0 fully saturated rings. The molecule has 0 aliphatic rings. The Morgan fingerprint density at radius 1 is 1.25 bits per heavy atom. The Balaban J connectivity index is 2.60. The molecule has 3 rings (SSSR count). The Kier molecular flexibility index (Phi) is 2.40. The van der Waals surface area contributed by atoms with Crippen molar-refractivity contribution in [3.8, 4) is 0 Å². The van der Waals surface area contributed by atoms with Gasteiger partial charge in [0.25, 0.3) is 0 Å². The van der Waals surface area contributed by atoms with Crippen molar-refractivity contribution in [3.05, 3.63) is 34.0 Å². The highest BCUT2D eigenvalue weighted by atomic mass is 127. The summed E-state index contributed by atoms with van der Waals surface area (Å²) in [7, 11) is 5.81. The fourth-order valence-electron chi connectivity index (χ4n) is 1.87. The van der Waals surface area contributed by atoms with Crippen molar-refractivity contribution in [1.29, 1.82) is 0 Å². The minimum absolute atomic E-state index is 0.757. The van der Waals surface area contributed by atoms with Gasteiger partial charge in [-0.25, -0.2) is 4.98 Å². The number of nitrogens with zero attached hydrogens (tertiary/aromatic N) is 2. The Morgan fingerprint density at radius 2 is 2.06 bits per heavy atom. The fraction of sp³-hybridized carbons (Fsp3) is 0. The highest BCUT2D eigenvalue weighted by Crippen LogP contribution is 2.28. The van der Waals surface area contributed by atoms with Gasteiger partial charge in [-0.1, -0.05) is 30.4 Å². The van der Waals surface area contributed by atoms with Gasteiger partial charge in [-0.3, -0.25) is 3.97 Å². The second-order valence-corrected chi connectivity index (χ2v) is 5.26. The summed E-state index contributed by atoms with van der Waals surface area (Å²) in [4.78, 5) is 4.39. The summed E-state index contributed by atoms with van der Waals surface area (Å²) in [6, 6.07) is 7.89. The third-order valence-corrected chi connectivity index (χ3v) is 3.57. The summed E-state index contributed by atoms with van der Waals surface area (Å²) in [6.45, 7) is 0. The first-order chi connectivity index (χ1) is 7.66. The highest BCUT2D eigenvalue weighted by Gasteiger charge is 2.09. The zero-order valence-electron chi connectivity index (χ0n) is 8.18. The quantitative estimate of drug-likeness (QED) is 0.379. The standard InChI is InChI=1S/C11H6BIN2S/c12-6-1-2-10-8(3-6)9-4-7(13)5-14-11(9)15(10)16/h1-5,16H. The van der Waals surface area contributed by atoms with E-state index in [0.29, 0.717) is 0 Å². The van der Waals surface area contributed by atoms with Crippen molar-refractivity contribution >= 4 is 70.7 Å². The van der Waals surface area contributed by atoms with E-state index in [1.807, 2.05) is 24.4 Å². The Labute approximate surface area is 113 Å². The molecule has 2 nitrogen and oxygen atoms in total. The van der Waals surface area contributed by atoms with Crippen LogP contribution in [0.1, 0.15) is 0 Å². The first-order valence-corrected chi connectivity index (χ1v) is 6.19. The van der Waals surface area contributed by atoms with Crippen molar-refractivity contribution in [2.45, 2.75) is 0 Å². The summed E-state index contributed by atoms with van der Waals surface area (Å²) >= 11 is 6.70. The molecule has 16 heavy (non-hydrogen) atoms. The minimum Gasteiger partial charge on any atom is -0.270 e. The van der Waals surface area contributed by atoms with Gasteiger partial charge >= 0.3 is 0 Å². The van der Waals surface area contributed by atoms with Crippen LogP contribution in [0.25, 0.3) is 21.9 Å². The van der Waals surface area contributed by atoms with Crippen molar-refractivity contribution < 1.29 is 0 Å². The molecule has 0 aliphatic carbocycles. The molecule has 2 heterocycles. The van der Waals surface area contributed by atoms with Crippen LogP contribution in [0, 0.1) is 3.57 Å². The minimum atomic E-state index is 0.757. The van der Waals surface area contributed by atoms with Crippen LogP contribution >= 0.6 is 35.4 Å². The Hall–Kier alpha value is -0.685. The number of rotatable bonds is 0. The number of hydrogen-bond donors (Lipinski definition) is 1. The van der Waals surface area contributed by atoms with Crippen molar-refractivity contribution in [1.82, 2.24) is 8.96 Å². The second kappa shape index (κ2) is 3.66. The summed E-state index contributed by atoms with van der Waals surface area (Å²) in [5.41, 5.74) is 2.65. The molecule has 5 heteroatoms. The lowest BCUT2D eigenvalue weighted by Gasteiger charge is -1.95. The number of thiol groups is 1. The molecular weight excluding hydrogens is 330 g/mol. The van der Waals surface area contributed by atoms with E-state index >= 15 is 0 Å². The fourth-order valence-corrected chi connectivity index (χ4v) is 2.65. The third-order valence-electron chi connectivity index (χ3n) is 2.57. The van der Waals surface area contributed by atoms with Crippen LogP contribution < -0.4 is 5.46 Å². The predicted octanol–water partition coefficient (Wildman–Crippen LogP) is 2.28. The molecule has 0 saturated heterocycles. The lowest BCUT2D eigenvalue weighted by molar-refractivity contribution is 1.29. The van der Waals surface area contributed by atoms with Gasteiger partial charge in [-0.2, -0.15) is 0 Å². The van der Waals surface area contributed by atoms with Gasteiger partial charge in [-0.15, -0.1) is 0 Å². The van der Waals surface area contributed by atoms with Crippen molar-refractivity contribution in [3.63, 3.8) is 0 Å². The van der Waals surface area contributed by atoms with Crippen LogP contribution in [-0.2, 0) is 0 Å². The number of fused-ring (bicyclic) bond motifs is 3. The largest absolute Gasteiger partial charge is 0.270 e. The Morgan fingerprint density at radius 3 is 2.88 bits per heavy atom. The second-order valence-electron chi connectivity index (χ2n) is 3.61. The number of hydrogen-bond acceptors (Lipinski definition) is 2. The number of halogens is 1. The number of aromatic nitrogens is 2. The summed E-state index contributed by atoms with van der Waals surface area (Å²) < 4.78 is 2.90. The predicted molar refractivity (Wildman–Crippen MR) is 79.7 cm³/mol. The van der Waals surface area contributed by atoms with Crippen LogP contribution in [0.15, 0.2) is 30.5 Å². The van der Waals surface area contributed by atoms with Crippen LogP contribution in [0.2, 0.25) is 0 Å². The van der Waals surface area contributed by atoms with Crippen LogP contribution in [0.3, 0.4) is 0 Å². The lowest BCUT2D eigenvalue weighted by atomic mass is 9.95. The van der Waals surface area contributed by atoms with Crippen molar-refractivity contribution in [2.75, 3.05) is 0 Å². The maximum atomic E-state index is 5.81. The van der Waals surface area contributed by atoms with Gasteiger partial charge in [0.15, 0.2) is 5.65 Å². The Bertz CT molecular complexity index is 649. The lowest BCUT2D eigenvalue weighted by Crippen LogP contribution is -1.99. The first kappa shape index (κ1) is 10.5. The average Bonchev–Trinajstić information content (AvgIpc) is 2.52. The van der Waals surface area contributed by atoms with Crippen molar-refractivity contribution in [2.24, 2.45) is 0 Å². The molecule has 0 atom stereocenters. The first-order valence-electron chi connectivity index (χ1n) is 4.71. The molecule has 2 radical (unpaired) electrons. The molecule has 0 bridgehead atoms. The summed E-state index contributed by atoms with van der Waals surface area (Å²) in [6.07, 6.45) is 1.83. The van der Waals surface area contributed by atoms with Gasteiger partial charge in [-0.05, 0) is 34.7 Å². The van der Waals surface area contributed by atoms with E-state index in [2.05, 4.69) is 46.5 Å². The van der Waals surface area contributed by atoms with Gasteiger partial charge < -0.3 is 0 Å². The summed E-state index contributed by atoms with van der Waals surface area (Å²) in [5, 5.41) is 2.18. The molecule has 3 aromatic rings. The molecule has 0 aliphatic heterocycles.